The summed E-state index contributed by atoms with van der Waals surface area (Å²) in [6.45, 7) is -0.315. The Kier molecular flexibility index (Phi) is 4.90. The number of aliphatic carboxylic acids is 1. The molecule has 0 spiro atoms. The monoisotopic (exact) mass is 270 g/mol. The lowest BCUT2D eigenvalue weighted by Gasteiger charge is -2.05. The van der Waals surface area contributed by atoms with Crippen LogP contribution < -0.4 is 0 Å². The molecule has 0 saturated carbocycles. The number of carbonyl (C=O) groups is 1. The van der Waals surface area contributed by atoms with E-state index in [4.69, 9.17) is 9.84 Å². The molecule has 0 bridgehead atoms. The predicted molar refractivity (Wildman–Crippen MR) is 61.8 cm³/mol. The average Bonchev–Trinajstić information content (AvgIpc) is 2.25. The van der Waals surface area contributed by atoms with Crippen molar-refractivity contribution in [3.8, 4) is 0 Å². The van der Waals surface area contributed by atoms with E-state index in [0.717, 1.165) is 5.56 Å². The van der Waals surface area contributed by atoms with Crippen LogP contribution in [0.15, 0.2) is 36.1 Å². The standard InChI is InChI=1S/C11H11BrO3/c12-7-10(15-8-11(13)14)6-9-4-2-1-3-5-9/h1-6H,7-8H2,(H,13,14). The molecule has 0 aromatic heterocycles. The summed E-state index contributed by atoms with van der Waals surface area (Å²) in [5.74, 6) is -0.376. The fourth-order valence-corrected chi connectivity index (χ4v) is 1.33. The molecule has 3 nitrogen and oxygen atoms in total. The molecule has 0 saturated heterocycles. The van der Waals surface area contributed by atoms with Crippen LogP contribution in [-0.2, 0) is 9.53 Å². The molecule has 15 heavy (non-hydrogen) atoms. The Morgan fingerprint density at radius 3 is 2.60 bits per heavy atom. The van der Waals surface area contributed by atoms with Gasteiger partial charge in [-0.3, -0.25) is 0 Å². The highest BCUT2D eigenvalue weighted by Gasteiger charge is 2.01. The second-order valence-corrected chi connectivity index (χ2v) is 3.40. The van der Waals surface area contributed by atoms with Crippen molar-refractivity contribution in [3.63, 3.8) is 0 Å². The number of hydrogen-bond acceptors (Lipinski definition) is 2. The highest BCUT2D eigenvalue weighted by atomic mass is 79.9. The number of halogens is 1. The Morgan fingerprint density at radius 2 is 2.07 bits per heavy atom. The number of ether oxygens (including phenoxy) is 1. The molecule has 0 aliphatic carbocycles. The fraction of sp³-hybridized carbons (Fsp3) is 0.182. The highest BCUT2D eigenvalue weighted by molar-refractivity contribution is 9.09. The number of allylic oxidation sites excluding steroid dienone is 1. The van der Waals surface area contributed by atoms with Crippen LogP contribution in [0.4, 0.5) is 0 Å². The summed E-state index contributed by atoms with van der Waals surface area (Å²) in [5.41, 5.74) is 0.984. The van der Waals surface area contributed by atoms with E-state index >= 15 is 0 Å². The maximum absolute atomic E-state index is 10.3. The summed E-state index contributed by atoms with van der Waals surface area (Å²) in [6, 6.07) is 9.59. The summed E-state index contributed by atoms with van der Waals surface area (Å²) >= 11 is 3.24. The molecule has 0 atom stereocenters. The first-order valence-electron chi connectivity index (χ1n) is 4.38. The maximum Gasteiger partial charge on any atom is 0.341 e. The molecule has 0 unspecified atom stereocenters. The van der Waals surface area contributed by atoms with Gasteiger partial charge in [0.25, 0.3) is 0 Å². The number of benzene rings is 1. The molecule has 1 rings (SSSR count). The Labute approximate surface area is 96.5 Å². The lowest BCUT2D eigenvalue weighted by Crippen LogP contribution is -2.07. The molecule has 0 fully saturated rings. The number of carboxylic acid groups (broad SMARTS) is 1. The van der Waals surface area contributed by atoms with Gasteiger partial charge < -0.3 is 9.84 Å². The smallest absolute Gasteiger partial charge is 0.341 e. The van der Waals surface area contributed by atoms with Crippen LogP contribution in [0, 0.1) is 0 Å². The summed E-state index contributed by atoms with van der Waals surface area (Å²) in [4.78, 5) is 10.3. The molecule has 1 aromatic carbocycles. The first kappa shape index (κ1) is 11.8. The minimum Gasteiger partial charge on any atom is -0.485 e. The van der Waals surface area contributed by atoms with Gasteiger partial charge in [-0.2, -0.15) is 0 Å². The molecule has 1 N–H and O–H groups in total. The number of alkyl halides is 1. The van der Waals surface area contributed by atoms with Gasteiger partial charge in [-0.15, -0.1) is 0 Å². The number of rotatable bonds is 5. The van der Waals surface area contributed by atoms with Gasteiger partial charge in [-0.25, -0.2) is 4.79 Å². The van der Waals surface area contributed by atoms with Crippen molar-refractivity contribution in [1.82, 2.24) is 0 Å². The molecule has 1 aromatic rings. The van der Waals surface area contributed by atoms with Gasteiger partial charge >= 0.3 is 5.97 Å². The molecule has 0 amide bonds. The SMILES string of the molecule is O=C(O)COC(=Cc1ccccc1)CBr. The van der Waals surface area contributed by atoms with Gasteiger partial charge in [0.1, 0.15) is 5.76 Å². The predicted octanol–water partition coefficient (Wildman–Crippen LogP) is 2.52. The minimum atomic E-state index is -0.977. The Morgan fingerprint density at radius 1 is 1.40 bits per heavy atom. The Bertz CT molecular complexity index is 346. The molecule has 0 heterocycles. The molecule has 0 radical (unpaired) electrons. The van der Waals surface area contributed by atoms with Crippen molar-refractivity contribution in [2.45, 2.75) is 0 Å². The Hall–Kier alpha value is -1.29. The van der Waals surface area contributed by atoms with Crippen molar-refractivity contribution in [1.29, 1.82) is 0 Å². The van der Waals surface area contributed by atoms with E-state index in [9.17, 15) is 4.79 Å². The van der Waals surface area contributed by atoms with E-state index < -0.39 is 5.97 Å². The second-order valence-electron chi connectivity index (χ2n) is 2.84. The molecular weight excluding hydrogens is 260 g/mol. The van der Waals surface area contributed by atoms with Crippen LogP contribution >= 0.6 is 15.9 Å². The normalized spacial score (nSPS) is 11.1. The third-order valence-electron chi connectivity index (χ3n) is 1.64. The zero-order valence-corrected chi connectivity index (χ0v) is 9.61. The molecule has 0 aliphatic heterocycles. The van der Waals surface area contributed by atoms with E-state index in [-0.39, 0.29) is 6.61 Å². The van der Waals surface area contributed by atoms with E-state index in [2.05, 4.69) is 15.9 Å². The lowest BCUT2D eigenvalue weighted by molar-refractivity contribution is -0.140. The highest BCUT2D eigenvalue weighted by Crippen LogP contribution is 2.09. The first-order chi connectivity index (χ1) is 7.22. The molecular formula is C11H11BrO3. The fourth-order valence-electron chi connectivity index (χ4n) is 1.01. The third kappa shape index (κ3) is 4.65. The van der Waals surface area contributed by atoms with Crippen LogP contribution in [-0.4, -0.2) is 23.0 Å². The van der Waals surface area contributed by atoms with Gasteiger partial charge in [-0.05, 0) is 11.6 Å². The third-order valence-corrected chi connectivity index (χ3v) is 2.19. The second kappa shape index (κ2) is 6.24. The van der Waals surface area contributed by atoms with Gasteiger partial charge in [0.2, 0.25) is 0 Å². The van der Waals surface area contributed by atoms with Crippen molar-refractivity contribution in [3.05, 3.63) is 41.7 Å². The van der Waals surface area contributed by atoms with Gasteiger partial charge in [0, 0.05) is 0 Å². The minimum absolute atomic E-state index is 0.315. The summed E-state index contributed by atoms with van der Waals surface area (Å²) < 4.78 is 5.07. The quantitative estimate of drug-likeness (QED) is 0.661. The van der Waals surface area contributed by atoms with Crippen molar-refractivity contribution in [2.24, 2.45) is 0 Å². The largest absolute Gasteiger partial charge is 0.485 e. The van der Waals surface area contributed by atoms with Crippen LogP contribution in [0.5, 0.6) is 0 Å². The van der Waals surface area contributed by atoms with E-state index in [1.807, 2.05) is 30.3 Å². The number of hydrogen-bond donors (Lipinski definition) is 1. The zero-order valence-electron chi connectivity index (χ0n) is 8.02. The van der Waals surface area contributed by atoms with E-state index in [0.29, 0.717) is 11.1 Å². The first-order valence-corrected chi connectivity index (χ1v) is 5.50. The summed E-state index contributed by atoms with van der Waals surface area (Å²) in [7, 11) is 0. The summed E-state index contributed by atoms with van der Waals surface area (Å²) in [6.07, 6.45) is 1.80. The molecule has 80 valence electrons. The van der Waals surface area contributed by atoms with Crippen molar-refractivity contribution >= 4 is 28.0 Å². The zero-order chi connectivity index (χ0) is 11.1. The van der Waals surface area contributed by atoms with Gasteiger partial charge in [0.15, 0.2) is 6.61 Å². The van der Waals surface area contributed by atoms with Crippen LogP contribution in [0.2, 0.25) is 0 Å². The molecule has 0 aliphatic rings. The molecule has 4 heteroatoms. The van der Waals surface area contributed by atoms with Gasteiger partial charge in [-0.1, -0.05) is 46.3 Å². The van der Waals surface area contributed by atoms with Crippen LogP contribution in [0.25, 0.3) is 6.08 Å². The van der Waals surface area contributed by atoms with Gasteiger partial charge in [0.05, 0.1) is 5.33 Å². The Balaban J connectivity index is 2.65. The van der Waals surface area contributed by atoms with Crippen LogP contribution in [0.1, 0.15) is 5.56 Å². The van der Waals surface area contributed by atoms with E-state index in [1.165, 1.54) is 0 Å². The van der Waals surface area contributed by atoms with Crippen molar-refractivity contribution in [2.75, 3.05) is 11.9 Å². The summed E-state index contributed by atoms with van der Waals surface area (Å²) in [5, 5.41) is 8.95. The topological polar surface area (TPSA) is 46.5 Å². The lowest BCUT2D eigenvalue weighted by atomic mass is 10.2. The van der Waals surface area contributed by atoms with Crippen molar-refractivity contribution < 1.29 is 14.6 Å². The average molecular weight is 271 g/mol. The van der Waals surface area contributed by atoms with E-state index in [1.54, 1.807) is 6.08 Å². The van der Waals surface area contributed by atoms with Crippen LogP contribution in [0.3, 0.4) is 0 Å². The number of carboxylic acids is 1. The maximum atomic E-state index is 10.3.